The fourth-order valence-corrected chi connectivity index (χ4v) is 4.59. The number of hydrogen-bond donors (Lipinski definition) is 0. The van der Waals surface area contributed by atoms with Crippen molar-refractivity contribution in [3.8, 4) is 0 Å². The number of nitrogens with zero attached hydrogens (tertiary/aromatic N) is 1. The van der Waals surface area contributed by atoms with Crippen LogP contribution in [0.15, 0.2) is 72.8 Å². The third-order valence-corrected chi connectivity index (χ3v) is 6.14. The van der Waals surface area contributed by atoms with Crippen LogP contribution in [0.5, 0.6) is 0 Å². The summed E-state index contributed by atoms with van der Waals surface area (Å²) in [6.07, 6.45) is 0. The van der Waals surface area contributed by atoms with Gasteiger partial charge in [0.1, 0.15) is 17.8 Å². The zero-order chi connectivity index (χ0) is 21.1. The fourth-order valence-electron chi connectivity index (χ4n) is 3.42. The zero-order valence-corrected chi connectivity index (χ0v) is 17.2. The molecule has 1 unspecified atom stereocenters. The molecule has 0 saturated carbocycles. The molecule has 1 saturated heterocycles. The van der Waals surface area contributed by atoms with E-state index in [1.54, 1.807) is 35.2 Å². The number of benzene rings is 3. The van der Waals surface area contributed by atoms with Crippen LogP contribution >= 0.6 is 11.8 Å². The van der Waals surface area contributed by atoms with Gasteiger partial charge in [-0.3, -0.25) is 9.69 Å². The first-order valence-corrected chi connectivity index (χ1v) is 10.6. The van der Waals surface area contributed by atoms with Crippen LogP contribution in [-0.4, -0.2) is 17.6 Å². The molecule has 152 valence electrons. The van der Waals surface area contributed by atoms with E-state index in [1.165, 1.54) is 23.9 Å². The Kier molecular flexibility index (Phi) is 5.86. The van der Waals surface area contributed by atoms with Gasteiger partial charge in [0.05, 0.1) is 11.3 Å². The topological polar surface area (TPSA) is 46.6 Å². The van der Waals surface area contributed by atoms with Crippen molar-refractivity contribution >= 4 is 29.3 Å². The number of thioether (sulfide) groups is 1. The van der Waals surface area contributed by atoms with E-state index >= 15 is 0 Å². The Morgan fingerprint density at radius 1 is 1.10 bits per heavy atom. The average Bonchev–Trinajstić information content (AvgIpc) is 3.14. The van der Waals surface area contributed by atoms with Crippen molar-refractivity contribution < 1.29 is 18.7 Å². The van der Waals surface area contributed by atoms with Gasteiger partial charge in [-0.15, -0.1) is 11.8 Å². The lowest BCUT2D eigenvalue weighted by Gasteiger charge is -2.26. The van der Waals surface area contributed by atoms with Crippen molar-refractivity contribution in [2.45, 2.75) is 18.9 Å². The molecular weight excluding hydrogens is 401 g/mol. The summed E-state index contributed by atoms with van der Waals surface area (Å²) in [6, 6.07) is 20.9. The van der Waals surface area contributed by atoms with Crippen LogP contribution < -0.4 is 4.90 Å². The molecule has 1 amide bonds. The van der Waals surface area contributed by atoms with Gasteiger partial charge in [0, 0.05) is 5.69 Å². The smallest absolute Gasteiger partial charge is 0.338 e. The molecule has 0 spiro atoms. The summed E-state index contributed by atoms with van der Waals surface area (Å²) >= 11 is 1.50. The number of anilines is 1. The molecule has 3 aromatic rings. The Hall–Kier alpha value is -3.12. The van der Waals surface area contributed by atoms with Crippen molar-refractivity contribution in [3.63, 3.8) is 0 Å². The van der Waals surface area contributed by atoms with Crippen molar-refractivity contribution in [2.75, 3.05) is 10.7 Å². The van der Waals surface area contributed by atoms with E-state index in [0.717, 1.165) is 22.4 Å². The van der Waals surface area contributed by atoms with Crippen LogP contribution in [0.25, 0.3) is 0 Å². The molecule has 4 rings (SSSR count). The van der Waals surface area contributed by atoms with E-state index in [-0.39, 0.29) is 23.7 Å². The van der Waals surface area contributed by atoms with Crippen LogP contribution in [0.2, 0.25) is 0 Å². The molecule has 0 N–H and O–H groups in total. The number of esters is 1. The fraction of sp³-hybridized carbons (Fsp3) is 0.167. The van der Waals surface area contributed by atoms with Crippen LogP contribution in [-0.2, 0) is 16.1 Å². The van der Waals surface area contributed by atoms with Crippen LogP contribution in [0.1, 0.15) is 32.4 Å². The quantitative estimate of drug-likeness (QED) is 0.527. The molecule has 4 nitrogen and oxygen atoms in total. The molecule has 1 aliphatic rings. The van der Waals surface area contributed by atoms with Crippen molar-refractivity contribution in [1.82, 2.24) is 0 Å². The molecule has 0 aliphatic carbocycles. The van der Waals surface area contributed by atoms with Gasteiger partial charge in [0.15, 0.2) is 0 Å². The standard InChI is InChI=1S/C24H20FNO3S/c1-16-13-19(24(28)29-14-17-5-3-2-4-6-17)9-12-21(16)26-22(27)15-30-23(26)18-7-10-20(25)11-8-18/h2-13,23H,14-15H2,1H3. The summed E-state index contributed by atoms with van der Waals surface area (Å²) in [4.78, 5) is 26.8. The molecule has 3 aromatic carbocycles. The molecule has 30 heavy (non-hydrogen) atoms. The zero-order valence-electron chi connectivity index (χ0n) is 16.4. The van der Waals surface area contributed by atoms with Crippen molar-refractivity contribution in [3.05, 3.63) is 101 Å². The minimum absolute atomic E-state index is 0.0168. The summed E-state index contributed by atoms with van der Waals surface area (Å²) in [6.45, 7) is 2.07. The van der Waals surface area contributed by atoms with Crippen molar-refractivity contribution in [1.29, 1.82) is 0 Å². The first-order valence-electron chi connectivity index (χ1n) is 9.54. The minimum atomic E-state index is -0.411. The Balaban J connectivity index is 1.53. The van der Waals surface area contributed by atoms with Gasteiger partial charge in [0.25, 0.3) is 0 Å². The molecule has 1 atom stereocenters. The largest absolute Gasteiger partial charge is 0.457 e. The molecule has 6 heteroatoms. The Morgan fingerprint density at radius 2 is 1.83 bits per heavy atom. The predicted octanol–water partition coefficient (Wildman–Crippen LogP) is 5.27. The van der Waals surface area contributed by atoms with E-state index in [9.17, 15) is 14.0 Å². The lowest BCUT2D eigenvalue weighted by atomic mass is 10.1. The summed E-state index contributed by atoms with van der Waals surface area (Å²) in [5, 5.41) is -0.229. The number of carbonyl (C=O) groups excluding carboxylic acids is 2. The lowest BCUT2D eigenvalue weighted by molar-refractivity contribution is -0.115. The van der Waals surface area contributed by atoms with Gasteiger partial charge in [-0.2, -0.15) is 0 Å². The second kappa shape index (κ2) is 8.71. The number of rotatable bonds is 5. The summed E-state index contributed by atoms with van der Waals surface area (Å²) in [5.74, 6) is -0.390. The molecule has 0 aromatic heterocycles. The third-order valence-electron chi connectivity index (χ3n) is 4.93. The normalized spacial score (nSPS) is 16.0. The van der Waals surface area contributed by atoms with Gasteiger partial charge < -0.3 is 4.74 Å². The van der Waals surface area contributed by atoms with Crippen LogP contribution in [0, 0.1) is 12.7 Å². The summed E-state index contributed by atoms with van der Waals surface area (Å²) in [7, 11) is 0. The highest BCUT2D eigenvalue weighted by Crippen LogP contribution is 2.42. The van der Waals surface area contributed by atoms with Gasteiger partial charge in [-0.25, -0.2) is 9.18 Å². The van der Waals surface area contributed by atoms with E-state index < -0.39 is 5.97 Å². The first-order chi connectivity index (χ1) is 14.5. The summed E-state index contributed by atoms with van der Waals surface area (Å²) in [5.41, 5.74) is 3.75. The van der Waals surface area contributed by atoms with Crippen molar-refractivity contribution in [2.24, 2.45) is 0 Å². The van der Waals surface area contributed by atoms with E-state index in [2.05, 4.69) is 0 Å². The lowest BCUT2D eigenvalue weighted by Crippen LogP contribution is -2.28. The molecular formula is C24H20FNO3S. The average molecular weight is 421 g/mol. The van der Waals surface area contributed by atoms with E-state index in [4.69, 9.17) is 4.74 Å². The van der Waals surface area contributed by atoms with E-state index in [1.807, 2.05) is 37.3 Å². The Morgan fingerprint density at radius 3 is 2.53 bits per heavy atom. The van der Waals surface area contributed by atoms with E-state index in [0.29, 0.717) is 11.3 Å². The Labute approximate surface area is 178 Å². The molecule has 0 radical (unpaired) electrons. The predicted molar refractivity (Wildman–Crippen MR) is 116 cm³/mol. The van der Waals surface area contributed by atoms with Gasteiger partial charge in [-0.1, -0.05) is 42.5 Å². The third kappa shape index (κ3) is 4.24. The maximum atomic E-state index is 13.3. The number of carbonyl (C=O) groups is 2. The number of halogens is 1. The highest BCUT2D eigenvalue weighted by atomic mass is 32.2. The Bertz CT molecular complexity index is 1070. The summed E-state index contributed by atoms with van der Waals surface area (Å²) < 4.78 is 18.7. The maximum Gasteiger partial charge on any atom is 0.338 e. The van der Waals surface area contributed by atoms with Gasteiger partial charge in [0.2, 0.25) is 5.91 Å². The van der Waals surface area contributed by atoms with Crippen LogP contribution in [0.4, 0.5) is 10.1 Å². The van der Waals surface area contributed by atoms with Crippen LogP contribution in [0.3, 0.4) is 0 Å². The highest BCUT2D eigenvalue weighted by Gasteiger charge is 2.35. The minimum Gasteiger partial charge on any atom is -0.457 e. The number of amides is 1. The number of aryl methyl sites for hydroxylation is 1. The number of hydrogen-bond acceptors (Lipinski definition) is 4. The molecule has 1 heterocycles. The van der Waals surface area contributed by atoms with Gasteiger partial charge >= 0.3 is 5.97 Å². The molecule has 1 fully saturated rings. The monoisotopic (exact) mass is 421 g/mol. The second-order valence-electron chi connectivity index (χ2n) is 7.04. The second-order valence-corrected chi connectivity index (χ2v) is 8.11. The molecule has 1 aliphatic heterocycles. The molecule has 0 bridgehead atoms. The van der Waals surface area contributed by atoms with Gasteiger partial charge in [-0.05, 0) is 53.9 Å². The maximum absolute atomic E-state index is 13.3. The SMILES string of the molecule is Cc1cc(C(=O)OCc2ccccc2)ccc1N1C(=O)CSC1c1ccc(F)cc1. The first kappa shape index (κ1) is 20.2. The number of ether oxygens (including phenoxy) is 1. The highest BCUT2D eigenvalue weighted by molar-refractivity contribution is 8.00.